The van der Waals surface area contributed by atoms with Gasteiger partial charge in [0.25, 0.3) is 0 Å². The van der Waals surface area contributed by atoms with Crippen LogP contribution in [0, 0.1) is 12.7 Å². The van der Waals surface area contributed by atoms with Crippen LogP contribution in [0.25, 0.3) is 0 Å². The summed E-state index contributed by atoms with van der Waals surface area (Å²) in [6.07, 6.45) is 3.71. The lowest BCUT2D eigenvalue weighted by molar-refractivity contribution is 0.507. The van der Waals surface area contributed by atoms with Crippen molar-refractivity contribution in [2.75, 3.05) is 0 Å². The molecule has 0 spiro atoms. The number of rotatable bonds is 2. The lowest BCUT2D eigenvalue weighted by Gasteiger charge is -2.20. The van der Waals surface area contributed by atoms with Gasteiger partial charge in [0.2, 0.25) is 0 Å². The van der Waals surface area contributed by atoms with Crippen LogP contribution in [0.1, 0.15) is 40.8 Å². The minimum absolute atomic E-state index is 0.118. The van der Waals surface area contributed by atoms with E-state index in [4.69, 9.17) is 5.73 Å². The van der Waals surface area contributed by atoms with Crippen molar-refractivity contribution in [3.63, 3.8) is 0 Å². The van der Waals surface area contributed by atoms with E-state index < -0.39 is 0 Å². The van der Waals surface area contributed by atoms with Gasteiger partial charge in [-0.3, -0.25) is 4.98 Å². The zero-order valence-electron chi connectivity index (χ0n) is 10.9. The smallest absolute Gasteiger partial charge is 0.128 e. The number of hydrogen-bond acceptors (Lipinski definition) is 2. The SMILES string of the molecule is Cc1ccc(F)c(C(N)C2CCc3cccnc32)c1. The molecule has 1 heterocycles. The molecule has 2 unspecified atom stereocenters. The number of nitrogens with two attached hydrogens (primary N) is 1. The normalized spacial score (nSPS) is 19.2. The van der Waals surface area contributed by atoms with Crippen molar-refractivity contribution in [1.82, 2.24) is 4.98 Å². The highest BCUT2D eigenvalue weighted by atomic mass is 19.1. The third-order valence-electron chi connectivity index (χ3n) is 3.95. The summed E-state index contributed by atoms with van der Waals surface area (Å²) in [5.74, 6) is -0.102. The molecule has 1 aliphatic rings. The van der Waals surface area contributed by atoms with Crippen LogP contribution in [-0.2, 0) is 6.42 Å². The first-order chi connectivity index (χ1) is 9.16. The second kappa shape index (κ2) is 4.74. The molecule has 0 radical (unpaired) electrons. The Labute approximate surface area is 112 Å². The van der Waals surface area contributed by atoms with Crippen molar-refractivity contribution >= 4 is 0 Å². The lowest BCUT2D eigenvalue weighted by Crippen LogP contribution is -2.20. The molecule has 19 heavy (non-hydrogen) atoms. The van der Waals surface area contributed by atoms with E-state index in [0.29, 0.717) is 5.56 Å². The Kier molecular flexibility index (Phi) is 3.07. The summed E-state index contributed by atoms with van der Waals surface area (Å²) in [5, 5.41) is 0. The van der Waals surface area contributed by atoms with Gasteiger partial charge in [0.1, 0.15) is 5.82 Å². The Hall–Kier alpha value is -1.74. The third-order valence-corrected chi connectivity index (χ3v) is 3.95. The Morgan fingerprint density at radius 2 is 2.21 bits per heavy atom. The van der Waals surface area contributed by atoms with Crippen LogP contribution >= 0.6 is 0 Å². The van der Waals surface area contributed by atoms with Crippen LogP contribution in [0.3, 0.4) is 0 Å². The van der Waals surface area contributed by atoms with Gasteiger partial charge in [-0.05, 0) is 37.5 Å². The number of nitrogens with zero attached hydrogens (tertiary/aromatic N) is 1. The molecule has 2 nitrogen and oxygen atoms in total. The Balaban J connectivity index is 1.97. The van der Waals surface area contributed by atoms with Crippen LogP contribution in [0.4, 0.5) is 4.39 Å². The monoisotopic (exact) mass is 256 g/mol. The van der Waals surface area contributed by atoms with Crippen molar-refractivity contribution in [1.29, 1.82) is 0 Å². The maximum Gasteiger partial charge on any atom is 0.128 e. The molecule has 1 aliphatic carbocycles. The standard InChI is InChI=1S/C16H17FN2/c1-10-4-7-14(17)13(9-10)15(18)12-6-5-11-3-2-8-19-16(11)12/h2-4,7-9,12,15H,5-6,18H2,1H3. The third kappa shape index (κ3) is 2.15. The molecule has 0 saturated heterocycles. The van der Waals surface area contributed by atoms with E-state index in [1.54, 1.807) is 12.3 Å². The summed E-state index contributed by atoms with van der Waals surface area (Å²) in [7, 11) is 0. The number of benzene rings is 1. The Morgan fingerprint density at radius 1 is 1.37 bits per heavy atom. The topological polar surface area (TPSA) is 38.9 Å². The Bertz CT molecular complexity index is 609. The first kappa shape index (κ1) is 12.3. The minimum atomic E-state index is -0.323. The molecule has 0 saturated carbocycles. The second-order valence-corrected chi connectivity index (χ2v) is 5.24. The molecule has 98 valence electrons. The van der Waals surface area contributed by atoms with Gasteiger partial charge >= 0.3 is 0 Å². The maximum absolute atomic E-state index is 13.9. The van der Waals surface area contributed by atoms with E-state index in [2.05, 4.69) is 11.1 Å². The van der Waals surface area contributed by atoms with Crippen molar-refractivity contribution < 1.29 is 4.39 Å². The molecule has 0 fully saturated rings. The van der Waals surface area contributed by atoms with Crippen LogP contribution in [0.2, 0.25) is 0 Å². The molecule has 1 aromatic heterocycles. The van der Waals surface area contributed by atoms with E-state index in [1.807, 2.05) is 19.1 Å². The maximum atomic E-state index is 13.9. The summed E-state index contributed by atoms with van der Waals surface area (Å²) in [4.78, 5) is 4.44. The van der Waals surface area contributed by atoms with Crippen LogP contribution in [0.5, 0.6) is 0 Å². The van der Waals surface area contributed by atoms with Gasteiger partial charge in [-0.2, -0.15) is 0 Å². The number of halogens is 1. The average molecular weight is 256 g/mol. The van der Waals surface area contributed by atoms with Gasteiger partial charge in [0, 0.05) is 29.4 Å². The van der Waals surface area contributed by atoms with E-state index in [0.717, 1.165) is 24.1 Å². The lowest BCUT2D eigenvalue weighted by atomic mass is 9.90. The molecule has 3 heteroatoms. The molecule has 0 amide bonds. The summed E-state index contributed by atoms with van der Waals surface area (Å²) in [6.45, 7) is 1.95. The van der Waals surface area contributed by atoms with Crippen molar-refractivity contribution in [2.45, 2.75) is 31.7 Å². The molecule has 1 aromatic carbocycles. The number of aromatic nitrogens is 1. The van der Waals surface area contributed by atoms with Crippen LogP contribution in [-0.4, -0.2) is 4.98 Å². The van der Waals surface area contributed by atoms with E-state index in [-0.39, 0.29) is 17.8 Å². The zero-order valence-corrected chi connectivity index (χ0v) is 10.9. The van der Waals surface area contributed by atoms with E-state index in [9.17, 15) is 4.39 Å². The average Bonchev–Trinajstić information content (AvgIpc) is 2.84. The van der Waals surface area contributed by atoms with Crippen molar-refractivity contribution in [2.24, 2.45) is 5.73 Å². The molecule has 2 aromatic rings. The fourth-order valence-corrected chi connectivity index (χ4v) is 2.93. The predicted octanol–water partition coefficient (Wildman–Crippen LogP) is 3.26. The highest BCUT2D eigenvalue weighted by Crippen LogP contribution is 2.39. The fraction of sp³-hybridized carbons (Fsp3) is 0.312. The predicted molar refractivity (Wildman–Crippen MR) is 73.4 cm³/mol. The molecule has 2 atom stereocenters. The molecular weight excluding hydrogens is 239 g/mol. The first-order valence-corrected chi connectivity index (χ1v) is 6.62. The number of aryl methyl sites for hydroxylation is 2. The van der Waals surface area contributed by atoms with E-state index >= 15 is 0 Å². The van der Waals surface area contributed by atoms with Crippen molar-refractivity contribution in [3.8, 4) is 0 Å². The van der Waals surface area contributed by atoms with E-state index in [1.165, 1.54) is 11.6 Å². The van der Waals surface area contributed by atoms with Gasteiger partial charge in [-0.15, -0.1) is 0 Å². The summed E-state index contributed by atoms with van der Waals surface area (Å²) < 4.78 is 13.9. The Morgan fingerprint density at radius 3 is 3.05 bits per heavy atom. The largest absolute Gasteiger partial charge is 0.323 e. The molecular formula is C16H17FN2. The zero-order chi connectivity index (χ0) is 13.4. The van der Waals surface area contributed by atoms with Gasteiger partial charge in [0.05, 0.1) is 0 Å². The summed E-state index contributed by atoms with van der Waals surface area (Å²) >= 11 is 0. The quantitative estimate of drug-likeness (QED) is 0.895. The molecule has 0 bridgehead atoms. The number of hydrogen-bond donors (Lipinski definition) is 1. The highest BCUT2D eigenvalue weighted by molar-refractivity contribution is 5.35. The highest BCUT2D eigenvalue weighted by Gasteiger charge is 2.30. The first-order valence-electron chi connectivity index (χ1n) is 6.62. The van der Waals surface area contributed by atoms with Gasteiger partial charge in [0.15, 0.2) is 0 Å². The second-order valence-electron chi connectivity index (χ2n) is 5.24. The molecule has 2 N–H and O–H groups in total. The molecule has 0 aliphatic heterocycles. The van der Waals surface area contributed by atoms with Gasteiger partial charge < -0.3 is 5.73 Å². The minimum Gasteiger partial charge on any atom is -0.323 e. The number of fused-ring (bicyclic) bond motifs is 1. The van der Waals surface area contributed by atoms with Crippen LogP contribution < -0.4 is 5.73 Å². The number of pyridine rings is 1. The van der Waals surface area contributed by atoms with Crippen molar-refractivity contribution in [3.05, 3.63) is 64.7 Å². The van der Waals surface area contributed by atoms with Crippen LogP contribution in [0.15, 0.2) is 36.5 Å². The summed E-state index contributed by atoms with van der Waals surface area (Å²) in [5.41, 5.74) is 10.2. The van der Waals surface area contributed by atoms with Gasteiger partial charge in [-0.1, -0.05) is 23.8 Å². The molecule has 3 rings (SSSR count). The van der Waals surface area contributed by atoms with Gasteiger partial charge in [-0.25, -0.2) is 4.39 Å². The summed E-state index contributed by atoms with van der Waals surface area (Å²) in [6, 6.07) is 8.82. The fourth-order valence-electron chi connectivity index (χ4n) is 2.93.